The molecule has 1 aliphatic carbocycles. The summed E-state index contributed by atoms with van der Waals surface area (Å²) in [6, 6.07) is 18.1. The molecule has 0 bridgehead atoms. The summed E-state index contributed by atoms with van der Waals surface area (Å²) in [6.07, 6.45) is 4.09. The van der Waals surface area contributed by atoms with Crippen LogP contribution in [-0.4, -0.2) is 29.9 Å². The van der Waals surface area contributed by atoms with Crippen molar-refractivity contribution in [3.05, 3.63) is 60.2 Å². The molecule has 3 aromatic rings. The number of hydrogen-bond acceptors (Lipinski definition) is 5. The Labute approximate surface area is 180 Å². The number of hydrogen-bond donors (Lipinski definition) is 1. The number of ether oxygens (including phenoxy) is 2. The minimum atomic E-state index is -0.329. The van der Waals surface area contributed by atoms with Crippen molar-refractivity contribution in [2.24, 2.45) is 0 Å². The second-order valence-corrected chi connectivity index (χ2v) is 8.82. The smallest absolute Gasteiger partial charge is 0.231 e. The third kappa shape index (κ3) is 3.84. The normalized spacial score (nSPS) is 17.1. The van der Waals surface area contributed by atoms with Crippen LogP contribution in [0.1, 0.15) is 31.2 Å². The van der Waals surface area contributed by atoms with E-state index in [2.05, 4.69) is 22.4 Å². The number of benzene rings is 2. The molecule has 1 aromatic heterocycles. The second kappa shape index (κ2) is 8.19. The number of aromatic nitrogens is 1. The van der Waals surface area contributed by atoms with Crippen molar-refractivity contribution in [2.45, 2.75) is 36.2 Å². The largest absolute Gasteiger partial charge is 0.486 e. The van der Waals surface area contributed by atoms with E-state index in [0.717, 1.165) is 58.7 Å². The lowest BCUT2D eigenvalue weighted by atomic mass is 9.87. The zero-order chi connectivity index (χ0) is 20.4. The number of carbonyl (C=O) groups is 1. The van der Waals surface area contributed by atoms with Crippen molar-refractivity contribution in [3.8, 4) is 11.5 Å². The first-order valence-corrected chi connectivity index (χ1v) is 11.4. The number of carbonyl (C=O) groups excluding carboxylic acids is 1. The van der Waals surface area contributed by atoms with Crippen LogP contribution in [-0.2, 0) is 10.3 Å². The molecule has 154 valence electrons. The van der Waals surface area contributed by atoms with Crippen LogP contribution >= 0.6 is 11.8 Å². The fourth-order valence-corrected chi connectivity index (χ4v) is 5.05. The molecule has 6 heteroatoms. The first-order valence-electron chi connectivity index (χ1n) is 10.4. The van der Waals surface area contributed by atoms with Crippen LogP contribution in [0.15, 0.2) is 59.6 Å². The van der Waals surface area contributed by atoms with Crippen molar-refractivity contribution in [1.29, 1.82) is 0 Å². The van der Waals surface area contributed by atoms with E-state index >= 15 is 0 Å². The molecule has 0 unspecified atom stereocenters. The number of amides is 1. The van der Waals surface area contributed by atoms with Crippen LogP contribution in [0, 0.1) is 0 Å². The van der Waals surface area contributed by atoms with Gasteiger partial charge in [-0.1, -0.05) is 54.9 Å². The summed E-state index contributed by atoms with van der Waals surface area (Å²) < 4.78 is 11.4. The SMILES string of the molecule is O=C(CSc1ccc2ccccc2n1)NC1(c2ccc3c(c2)OCCO3)CCCC1. The molecule has 1 N–H and O–H groups in total. The molecule has 0 saturated heterocycles. The number of rotatable bonds is 5. The van der Waals surface area contributed by atoms with Gasteiger partial charge in [-0.25, -0.2) is 4.98 Å². The molecule has 1 saturated carbocycles. The quantitative estimate of drug-likeness (QED) is 0.607. The highest BCUT2D eigenvalue weighted by Crippen LogP contribution is 2.42. The molecule has 1 aliphatic heterocycles. The van der Waals surface area contributed by atoms with Gasteiger partial charge in [-0.05, 0) is 42.7 Å². The van der Waals surface area contributed by atoms with Gasteiger partial charge in [-0.2, -0.15) is 0 Å². The minimum absolute atomic E-state index is 0.0340. The molecule has 1 fully saturated rings. The van der Waals surface area contributed by atoms with Gasteiger partial charge in [0.2, 0.25) is 5.91 Å². The monoisotopic (exact) mass is 420 g/mol. The zero-order valence-corrected chi connectivity index (χ0v) is 17.5. The predicted molar refractivity (Wildman–Crippen MR) is 118 cm³/mol. The summed E-state index contributed by atoms with van der Waals surface area (Å²) in [5, 5.41) is 5.31. The van der Waals surface area contributed by atoms with Gasteiger partial charge in [0.15, 0.2) is 11.5 Å². The summed E-state index contributed by atoms with van der Waals surface area (Å²) in [5.41, 5.74) is 1.72. The van der Waals surface area contributed by atoms with Crippen molar-refractivity contribution >= 4 is 28.6 Å². The van der Waals surface area contributed by atoms with Crippen LogP contribution in [0.5, 0.6) is 11.5 Å². The third-order valence-corrected chi connectivity index (χ3v) is 6.78. The molecule has 2 aliphatic rings. The Morgan fingerprint density at radius 1 is 1.00 bits per heavy atom. The topological polar surface area (TPSA) is 60.5 Å². The fourth-order valence-electron chi connectivity index (χ4n) is 4.38. The van der Waals surface area contributed by atoms with Crippen LogP contribution in [0.4, 0.5) is 0 Å². The van der Waals surface area contributed by atoms with E-state index in [-0.39, 0.29) is 11.4 Å². The van der Waals surface area contributed by atoms with Gasteiger partial charge >= 0.3 is 0 Å². The molecule has 0 spiro atoms. The first kappa shape index (κ1) is 19.2. The lowest BCUT2D eigenvalue weighted by molar-refractivity contribution is -0.120. The number of nitrogens with one attached hydrogen (secondary N) is 1. The summed E-state index contributed by atoms with van der Waals surface area (Å²) >= 11 is 1.48. The third-order valence-electron chi connectivity index (χ3n) is 5.85. The van der Waals surface area contributed by atoms with Crippen molar-refractivity contribution < 1.29 is 14.3 Å². The van der Waals surface area contributed by atoms with E-state index in [1.807, 2.05) is 42.5 Å². The number of para-hydroxylation sites is 1. The lowest BCUT2D eigenvalue weighted by Crippen LogP contribution is -2.44. The minimum Gasteiger partial charge on any atom is -0.486 e. The van der Waals surface area contributed by atoms with Crippen molar-refractivity contribution in [3.63, 3.8) is 0 Å². The maximum atomic E-state index is 12.9. The van der Waals surface area contributed by atoms with E-state index in [0.29, 0.717) is 19.0 Å². The second-order valence-electron chi connectivity index (χ2n) is 7.83. The maximum absolute atomic E-state index is 12.9. The molecule has 5 nitrogen and oxygen atoms in total. The molecule has 30 heavy (non-hydrogen) atoms. The van der Waals surface area contributed by atoms with Gasteiger partial charge in [0.25, 0.3) is 0 Å². The van der Waals surface area contributed by atoms with E-state index in [4.69, 9.17) is 9.47 Å². The van der Waals surface area contributed by atoms with Crippen molar-refractivity contribution in [2.75, 3.05) is 19.0 Å². The summed E-state index contributed by atoms with van der Waals surface area (Å²) in [6.45, 7) is 1.14. The Kier molecular flexibility index (Phi) is 5.25. The van der Waals surface area contributed by atoms with Gasteiger partial charge in [0, 0.05) is 5.39 Å². The highest BCUT2D eigenvalue weighted by molar-refractivity contribution is 7.99. The lowest BCUT2D eigenvalue weighted by Gasteiger charge is -2.32. The molecule has 5 rings (SSSR count). The molecule has 2 heterocycles. The highest BCUT2D eigenvalue weighted by Gasteiger charge is 2.37. The van der Waals surface area contributed by atoms with E-state index < -0.39 is 0 Å². The Morgan fingerprint density at radius 3 is 2.67 bits per heavy atom. The van der Waals surface area contributed by atoms with Crippen LogP contribution in [0.2, 0.25) is 0 Å². The Hall–Kier alpha value is -2.73. The number of thioether (sulfide) groups is 1. The van der Waals surface area contributed by atoms with Gasteiger partial charge in [-0.15, -0.1) is 0 Å². The standard InChI is InChI=1S/C24H24N2O3S/c27-22(16-30-23-10-7-17-5-1-2-6-19(17)25-23)26-24(11-3-4-12-24)18-8-9-20-21(15-18)29-14-13-28-20/h1-2,5-10,15H,3-4,11-14,16H2,(H,26,27). The summed E-state index contributed by atoms with van der Waals surface area (Å²) in [5.74, 6) is 1.93. The Bertz CT molecular complexity index is 1080. The molecule has 0 atom stereocenters. The number of pyridine rings is 1. The van der Waals surface area contributed by atoms with Crippen LogP contribution in [0.3, 0.4) is 0 Å². The molecule has 0 radical (unpaired) electrons. The van der Waals surface area contributed by atoms with Gasteiger partial charge in [-0.3, -0.25) is 4.79 Å². The number of fused-ring (bicyclic) bond motifs is 2. The number of nitrogens with zero attached hydrogens (tertiary/aromatic N) is 1. The average molecular weight is 421 g/mol. The Balaban J connectivity index is 1.30. The van der Waals surface area contributed by atoms with E-state index in [1.54, 1.807) is 0 Å². The van der Waals surface area contributed by atoms with Crippen LogP contribution in [0.25, 0.3) is 10.9 Å². The van der Waals surface area contributed by atoms with Gasteiger partial charge in [0.05, 0.1) is 21.8 Å². The Morgan fingerprint density at radius 2 is 1.80 bits per heavy atom. The molecular weight excluding hydrogens is 396 g/mol. The summed E-state index contributed by atoms with van der Waals surface area (Å²) in [7, 11) is 0. The fraction of sp³-hybridized carbons (Fsp3) is 0.333. The first-order chi connectivity index (χ1) is 14.7. The molecule has 2 aromatic carbocycles. The highest BCUT2D eigenvalue weighted by atomic mass is 32.2. The average Bonchev–Trinajstić information content (AvgIpc) is 3.27. The predicted octanol–water partition coefficient (Wildman–Crippen LogP) is 4.68. The van der Waals surface area contributed by atoms with Gasteiger partial charge < -0.3 is 14.8 Å². The molecular formula is C24H24N2O3S. The van der Waals surface area contributed by atoms with Gasteiger partial charge in [0.1, 0.15) is 13.2 Å². The zero-order valence-electron chi connectivity index (χ0n) is 16.7. The molecule has 1 amide bonds. The van der Waals surface area contributed by atoms with Crippen molar-refractivity contribution in [1.82, 2.24) is 10.3 Å². The maximum Gasteiger partial charge on any atom is 0.231 e. The van der Waals surface area contributed by atoms with E-state index in [9.17, 15) is 4.79 Å². The van der Waals surface area contributed by atoms with Crippen LogP contribution < -0.4 is 14.8 Å². The van der Waals surface area contributed by atoms with E-state index in [1.165, 1.54) is 11.8 Å². The summed E-state index contributed by atoms with van der Waals surface area (Å²) in [4.78, 5) is 17.5.